The zero-order chi connectivity index (χ0) is 20.1. The van der Waals surface area contributed by atoms with E-state index in [2.05, 4.69) is 0 Å². The maximum atomic E-state index is 13.1. The first-order valence-corrected chi connectivity index (χ1v) is 9.50. The number of carbonyl (C=O) groups is 3. The third kappa shape index (κ3) is 4.37. The van der Waals surface area contributed by atoms with Gasteiger partial charge in [0.05, 0.1) is 5.25 Å². The van der Waals surface area contributed by atoms with E-state index in [9.17, 15) is 19.5 Å². The first kappa shape index (κ1) is 19.6. The highest BCUT2D eigenvalue weighted by Crippen LogP contribution is 2.26. The van der Waals surface area contributed by atoms with Crippen LogP contribution in [0.25, 0.3) is 0 Å². The summed E-state index contributed by atoms with van der Waals surface area (Å²) in [6, 6.07) is 17.3. The molecule has 0 fully saturated rings. The van der Waals surface area contributed by atoms with E-state index in [4.69, 9.17) is 0 Å². The van der Waals surface area contributed by atoms with Crippen molar-refractivity contribution >= 4 is 29.4 Å². The molecule has 1 aromatic carbocycles. The lowest BCUT2D eigenvalue weighted by Gasteiger charge is -2.14. The van der Waals surface area contributed by atoms with Crippen molar-refractivity contribution < 1.29 is 24.1 Å². The van der Waals surface area contributed by atoms with Crippen molar-refractivity contribution in [3.8, 4) is 0 Å². The minimum absolute atomic E-state index is 0.119. The average molecular weight is 395 g/mol. The topological polar surface area (TPSA) is 80.2 Å². The van der Waals surface area contributed by atoms with Crippen LogP contribution in [0.2, 0.25) is 0 Å². The molecule has 0 amide bonds. The van der Waals surface area contributed by atoms with Gasteiger partial charge in [-0.3, -0.25) is 14.2 Å². The number of hydrogen-bond donors (Lipinski definition) is 1. The summed E-state index contributed by atoms with van der Waals surface area (Å²) in [4.78, 5) is 37.2. The van der Waals surface area contributed by atoms with E-state index in [-0.39, 0.29) is 17.9 Å². The van der Waals surface area contributed by atoms with E-state index in [1.54, 1.807) is 24.3 Å². The Morgan fingerprint density at radius 3 is 2.43 bits per heavy atom. The Morgan fingerprint density at radius 1 is 1.04 bits per heavy atom. The summed E-state index contributed by atoms with van der Waals surface area (Å²) in [6.07, 6.45) is 3.15. The van der Waals surface area contributed by atoms with Crippen LogP contribution < -0.4 is 4.57 Å². The van der Waals surface area contributed by atoms with Gasteiger partial charge in [-0.25, -0.2) is 4.79 Å². The molecule has 2 heterocycles. The highest BCUT2D eigenvalue weighted by Gasteiger charge is 2.28. The van der Waals surface area contributed by atoms with Crippen molar-refractivity contribution in [3.05, 3.63) is 84.3 Å². The molecule has 2 aromatic heterocycles. The third-order valence-electron chi connectivity index (χ3n) is 4.22. The van der Waals surface area contributed by atoms with Gasteiger partial charge < -0.3 is 5.11 Å². The van der Waals surface area contributed by atoms with Gasteiger partial charge in [0.25, 0.3) is 0 Å². The summed E-state index contributed by atoms with van der Waals surface area (Å²) in [5.74, 6) is -1.80. The highest BCUT2D eigenvalue weighted by atomic mass is 32.2. The van der Waals surface area contributed by atoms with Crippen LogP contribution >= 0.6 is 11.8 Å². The number of carbonyl (C=O) groups excluding carboxylic acids is 2. The molecule has 0 saturated heterocycles. The largest absolute Gasteiger partial charge is 0.477 e. The van der Waals surface area contributed by atoms with Crippen molar-refractivity contribution in [1.82, 2.24) is 4.57 Å². The quantitative estimate of drug-likeness (QED) is 0.378. The monoisotopic (exact) mass is 395 g/mol. The number of ketones is 1. The SMILES string of the molecule is C[n+]1ccccc1SC(CC(=O)n1cccc1C(=O)O)C(=O)c1ccccc1. The van der Waals surface area contributed by atoms with Crippen LogP contribution in [-0.4, -0.2) is 32.6 Å². The number of rotatable bonds is 7. The smallest absolute Gasteiger partial charge is 0.352 e. The Kier molecular flexibility index (Phi) is 6.06. The second kappa shape index (κ2) is 8.67. The maximum Gasteiger partial charge on any atom is 0.352 e. The van der Waals surface area contributed by atoms with Crippen molar-refractivity contribution in [2.45, 2.75) is 16.7 Å². The molecule has 7 heteroatoms. The molecule has 6 nitrogen and oxygen atoms in total. The Bertz CT molecular complexity index is 1010. The van der Waals surface area contributed by atoms with Crippen LogP contribution in [0.3, 0.4) is 0 Å². The maximum absolute atomic E-state index is 13.1. The molecule has 0 spiro atoms. The second-order valence-corrected chi connectivity index (χ2v) is 7.38. The summed E-state index contributed by atoms with van der Waals surface area (Å²) in [5.41, 5.74) is 0.392. The van der Waals surface area contributed by atoms with Gasteiger partial charge in [0.15, 0.2) is 12.0 Å². The number of aromatic nitrogens is 2. The number of Topliss-reactive ketones (excluding diaryl/α,β-unsaturated/α-hetero) is 1. The Balaban J connectivity index is 1.90. The molecule has 0 bridgehead atoms. The Morgan fingerprint density at radius 2 is 1.75 bits per heavy atom. The van der Waals surface area contributed by atoms with Gasteiger partial charge in [-0.2, -0.15) is 4.57 Å². The van der Waals surface area contributed by atoms with Gasteiger partial charge in [0, 0.05) is 30.3 Å². The second-order valence-electron chi connectivity index (χ2n) is 6.15. The van der Waals surface area contributed by atoms with Gasteiger partial charge in [-0.15, -0.1) is 0 Å². The van der Waals surface area contributed by atoms with Crippen molar-refractivity contribution in [2.75, 3.05) is 0 Å². The van der Waals surface area contributed by atoms with Crippen molar-refractivity contribution in [2.24, 2.45) is 7.05 Å². The number of carboxylic acids is 1. The molecular weight excluding hydrogens is 376 g/mol. The molecule has 0 saturated carbocycles. The average Bonchev–Trinajstić information content (AvgIpc) is 3.19. The Labute approximate surface area is 166 Å². The summed E-state index contributed by atoms with van der Waals surface area (Å²) in [5, 5.41) is 9.39. The minimum Gasteiger partial charge on any atom is -0.477 e. The van der Waals surface area contributed by atoms with Crippen LogP contribution in [0.5, 0.6) is 0 Å². The summed E-state index contributed by atoms with van der Waals surface area (Å²) >= 11 is 1.29. The zero-order valence-electron chi connectivity index (χ0n) is 15.2. The first-order chi connectivity index (χ1) is 13.5. The lowest BCUT2D eigenvalue weighted by Crippen LogP contribution is -2.32. The minimum atomic E-state index is -1.19. The normalized spacial score (nSPS) is 11.8. The van der Waals surface area contributed by atoms with Crippen LogP contribution in [-0.2, 0) is 7.05 Å². The van der Waals surface area contributed by atoms with Crippen LogP contribution in [0.1, 0.15) is 32.1 Å². The first-order valence-electron chi connectivity index (χ1n) is 8.62. The number of aromatic carboxylic acids is 1. The Hall–Kier alpha value is -3.19. The fourth-order valence-corrected chi connectivity index (χ4v) is 3.93. The molecule has 1 unspecified atom stereocenters. The number of nitrogens with zero attached hydrogens (tertiary/aromatic N) is 2. The van der Waals surface area contributed by atoms with Gasteiger partial charge in [0.1, 0.15) is 12.7 Å². The summed E-state index contributed by atoms with van der Waals surface area (Å²) in [7, 11) is 1.86. The molecule has 1 atom stereocenters. The molecule has 0 aliphatic carbocycles. The third-order valence-corrected chi connectivity index (χ3v) is 5.55. The fraction of sp³-hybridized carbons (Fsp3) is 0.143. The molecule has 1 N–H and O–H groups in total. The van der Waals surface area contributed by atoms with E-state index in [0.717, 1.165) is 9.59 Å². The molecule has 3 rings (SSSR count). The number of thioether (sulfide) groups is 1. The van der Waals surface area contributed by atoms with Crippen molar-refractivity contribution in [3.63, 3.8) is 0 Å². The number of pyridine rings is 1. The van der Waals surface area contributed by atoms with Gasteiger partial charge in [-0.1, -0.05) is 30.3 Å². The predicted octanol–water partition coefficient (Wildman–Crippen LogP) is 3.08. The number of benzene rings is 1. The summed E-state index contributed by atoms with van der Waals surface area (Å²) in [6.45, 7) is 0. The van der Waals surface area contributed by atoms with E-state index in [1.807, 2.05) is 42.1 Å². The molecule has 28 heavy (non-hydrogen) atoms. The molecule has 0 aliphatic heterocycles. The number of aryl methyl sites for hydroxylation is 1. The van der Waals surface area contributed by atoms with E-state index in [0.29, 0.717) is 5.56 Å². The number of hydrogen-bond acceptors (Lipinski definition) is 4. The van der Waals surface area contributed by atoms with E-state index >= 15 is 0 Å². The lowest BCUT2D eigenvalue weighted by atomic mass is 10.1. The molecular formula is C21H19N2O4S+. The molecule has 142 valence electrons. The highest BCUT2D eigenvalue weighted by molar-refractivity contribution is 8.00. The molecule has 0 aliphatic rings. The van der Waals surface area contributed by atoms with Crippen LogP contribution in [0, 0.1) is 0 Å². The van der Waals surface area contributed by atoms with Crippen LogP contribution in [0.15, 0.2) is 78.1 Å². The van der Waals surface area contributed by atoms with Gasteiger partial charge >= 0.3 is 5.97 Å². The summed E-state index contributed by atoms with van der Waals surface area (Å²) < 4.78 is 2.96. The van der Waals surface area contributed by atoms with Crippen molar-refractivity contribution in [1.29, 1.82) is 0 Å². The van der Waals surface area contributed by atoms with Gasteiger partial charge in [-0.05, 0) is 30.0 Å². The van der Waals surface area contributed by atoms with Crippen LogP contribution in [0.4, 0.5) is 0 Å². The van der Waals surface area contributed by atoms with Gasteiger partial charge in [0.2, 0.25) is 10.9 Å². The molecule has 3 aromatic rings. The molecule has 0 radical (unpaired) electrons. The van der Waals surface area contributed by atoms with E-state index in [1.165, 1.54) is 30.1 Å². The fourth-order valence-electron chi connectivity index (χ4n) is 2.78. The zero-order valence-corrected chi connectivity index (χ0v) is 16.0. The predicted molar refractivity (Wildman–Crippen MR) is 105 cm³/mol. The lowest BCUT2D eigenvalue weighted by molar-refractivity contribution is -0.708. The number of carboxylic acid groups (broad SMARTS) is 1. The van der Waals surface area contributed by atoms with E-state index < -0.39 is 17.1 Å². The standard InChI is InChI=1S/C21H18N2O4S/c1-22-12-6-5-11-19(22)28-17(20(25)15-8-3-2-4-9-15)14-18(24)23-13-7-10-16(23)21(26)27/h2-13,17H,14H2,1H3/p+1.